The maximum Gasteiger partial charge on any atom is 0.276 e. The van der Waals surface area contributed by atoms with Crippen molar-refractivity contribution in [3.8, 4) is 0 Å². The molecule has 2 N–H and O–H groups in total. The van der Waals surface area contributed by atoms with Crippen LogP contribution in [0.2, 0.25) is 0 Å². The van der Waals surface area contributed by atoms with Crippen molar-refractivity contribution < 1.29 is 8.42 Å². The van der Waals surface area contributed by atoms with Crippen LogP contribution in [0.25, 0.3) is 0 Å². The Morgan fingerprint density at radius 2 is 1.50 bits per heavy atom. The minimum Gasteiger partial charge on any atom is -0.216 e. The van der Waals surface area contributed by atoms with Gasteiger partial charge in [-0.15, -0.1) is 0 Å². The normalized spacial score (nSPS) is 28.4. The summed E-state index contributed by atoms with van der Waals surface area (Å²) in [6.07, 6.45) is 7.20. The minimum atomic E-state index is -3.44. The van der Waals surface area contributed by atoms with E-state index in [0.717, 1.165) is 12.8 Å². The molecule has 0 aromatic carbocycles. The van der Waals surface area contributed by atoms with E-state index in [1.807, 2.05) is 0 Å². The van der Waals surface area contributed by atoms with Crippen molar-refractivity contribution in [2.45, 2.75) is 38.5 Å². The van der Waals surface area contributed by atoms with Gasteiger partial charge in [-0.05, 0) is 31.1 Å². The molecule has 1 saturated heterocycles. The number of nitrogens with two attached hydrogens (primary N) is 1. The monoisotopic (exact) mass is 218 g/mol. The molecule has 14 heavy (non-hydrogen) atoms. The van der Waals surface area contributed by atoms with Crippen molar-refractivity contribution in [2.24, 2.45) is 10.6 Å². The highest BCUT2D eigenvalue weighted by atomic mass is 32.2. The summed E-state index contributed by atoms with van der Waals surface area (Å²) in [6, 6.07) is 0. The molecule has 0 aromatic heterocycles. The van der Waals surface area contributed by atoms with Gasteiger partial charge in [0.05, 0.1) is 0 Å². The second-order valence-corrected chi connectivity index (χ2v) is 6.20. The lowest BCUT2D eigenvalue weighted by Gasteiger charge is -2.37. The van der Waals surface area contributed by atoms with Crippen molar-refractivity contribution >= 4 is 10.2 Å². The third-order valence-electron chi connectivity index (χ3n) is 3.81. The Balaban J connectivity index is 1.98. The van der Waals surface area contributed by atoms with Gasteiger partial charge in [-0.1, -0.05) is 12.8 Å². The van der Waals surface area contributed by atoms with Crippen molar-refractivity contribution in [1.82, 2.24) is 4.31 Å². The number of hydrogen-bond acceptors (Lipinski definition) is 2. The molecule has 0 bridgehead atoms. The van der Waals surface area contributed by atoms with Gasteiger partial charge < -0.3 is 0 Å². The third kappa shape index (κ3) is 1.94. The van der Waals surface area contributed by atoms with Gasteiger partial charge in [0.15, 0.2) is 0 Å². The fourth-order valence-corrected chi connectivity index (χ4v) is 3.53. The molecule has 2 rings (SSSR count). The molecule has 0 atom stereocenters. The average Bonchev–Trinajstić information content (AvgIpc) is 2.53. The lowest BCUT2D eigenvalue weighted by Crippen LogP contribution is -2.45. The highest BCUT2D eigenvalue weighted by Gasteiger charge is 2.38. The summed E-state index contributed by atoms with van der Waals surface area (Å²) in [4.78, 5) is 0. The van der Waals surface area contributed by atoms with Crippen LogP contribution in [-0.4, -0.2) is 25.8 Å². The Hall–Kier alpha value is -0.130. The lowest BCUT2D eigenvalue weighted by molar-refractivity contribution is 0.160. The quantitative estimate of drug-likeness (QED) is 0.709. The highest BCUT2D eigenvalue weighted by Crippen LogP contribution is 2.46. The van der Waals surface area contributed by atoms with E-state index in [1.165, 1.54) is 30.0 Å². The van der Waals surface area contributed by atoms with Gasteiger partial charge in [-0.25, -0.2) is 5.14 Å². The van der Waals surface area contributed by atoms with Crippen LogP contribution in [0.15, 0.2) is 0 Å². The number of piperidine rings is 1. The molecule has 5 heteroatoms. The number of hydrogen-bond donors (Lipinski definition) is 1. The summed E-state index contributed by atoms with van der Waals surface area (Å²) < 4.78 is 23.6. The van der Waals surface area contributed by atoms with Gasteiger partial charge in [0, 0.05) is 13.1 Å². The van der Waals surface area contributed by atoms with E-state index in [0.29, 0.717) is 18.5 Å². The van der Waals surface area contributed by atoms with Crippen LogP contribution in [-0.2, 0) is 10.2 Å². The first-order valence-corrected chi connectivity index (χ1v) is 6.80. The van der Waals surface area contributed by atoms with Gasteiger partial charge in [0.1, 0.15) is 0 Å². The van der Waals surface area contributed by atoms with Crippen molar-refractivity contribution in [3.63, 3.8) is 0 Å². The van der Waals surface area contributed by atoms with Gasteiger partial charge in [-0.3, -0.25) is 0 Å². The first kappa shape index (κ1) is 10.4. The minimum absolute atomic E-state index is 0.460. The first-order chi connectivity index (χ1) is 6.52. The van der Waals surface area contributed by atoms with Crippen LogP contribution < -0.4 is 5.14 Å². The van der Waals surface area contributed by atoms with Crippen LogP contribution in [0, 0.1) is 5.41 Å². The van der Waals surface area contributed by atoms with Gasteiger partial charge in [-0.2, -0.15) is 12.7 Å². The smallest absolute Gasteiger partial charge is 0.216 e. The molecule has 0 aromatic rings. The standard InChI is InChI=1S/C9H18N2O2S/c10-14(12,13)11-7-5-9(6-8-11)3-1-2-4-9/h1-8H2,(H2,10,12,13). The average molecular weight is 218 g/mol. The van der Waals surface area contributed by atoms with Crippen LogP contribution >= 0.6 is 0 Å². The van der Waals surface area contributed by atoms with E-state index >= 15 is 0 Å². The second kappa shape index (κ2) is 3.47. The Kier molecular flexibility index (Phi) is 2.57. The maximum absolute atomic E-state index is 11.1. The van der Waals surface area contributed by atoms with Gasteiger partial charge in [0.2, 0.25) is 0 Å². The number of rotatable bonds is 1. The number of nitrogens with zero attached hydrogens (tertiary/aromatic N) is 1. The molecule has 82 valence electrons. The molecule has 1 aliphatic carbocycles. The summed E-state index contributed by atoms with van der Waals surface area (Å²) in [5.41, 5.74) is 0.460. The maximum atomic E-state index is 11.1. The molecule has 0 amide bonds. The Morgan fingerprint density at radius 1 is 1.00 bits per heavy atom. The zero-order chi connectivity index (χ0) is 10.2. The van der Waals surface area contributed by atoms with E-state index in [4.69, 9.17) is 5.14 Å². The van der Waals surface area contributed by atoms with E-state index < -0.39 is 10.2 Å². The molecule has 2 fully saturated rings. The predicted molar refractivity (Wildman–Crippen MR) is 54.8 cm³/mol. The molecule has 2 aliphatic rings. The molecule has 0 unspecified atom stereocenters. The van der Waals surface area contributed by atoms with Crippen molar-refractivity contribution in [3.05, 3.63) is 0 Å². The molecule has 1 saturated carbocycles. The zero-order valence-electron chi connectivity index (χ0n) is 8.41. The molecule has 4 nitrogen and oxygen atoms in total. The Morgan fingerprint density at radius 3 is 1.93 bits per heavy atom. The lowest BCUT2D eigenvalue weighted by atomic mass is 9.78. The van der Waals surface area contributed by atoms with Crippen molar-refractivity contribution in [2.75, 3.05) is 13.1 Å². The topological polar surface area (TPSA) is 63.4 Å². The fraction of sp³-hybridized carbons (Fsp3) is 1.00. The summed E-state index contributed by atoms with van der Waals surface area (Å²) in [5, 5.41) is 5.10. The van der Waals surface area contributed by atoms with E-state index in [9.17, 15) is 8.42 Å². The van der Waals surface area contributed by atoms with E-state index in [1.54, 1.807) is 0 Å². The van der Waals surface area contributed by atoms with E-state index in [-0.39, 0.29) is 0 Å². The molecule has 0 radical (unpaired) electrons. The summed E-state index contributed by atoms with van der Waals surface area (Å²) >= 11 is 0. The summed E-state index contributed by atoms with van der Waals surface area (Å²) in [6.45, 7) is 1.25. The fourth-order valence-electron chi connectivity index (χ4n) is 2.84. The molecule has 1 spiro atoms. The van der Waals surface area contributed by atoms with Crippen LogP contribution in [0.1, 0.15) is 38.5 Å². The van der Waals surface area contributed by atoms with E-state index in [2.05, 4.69) is 0 Å². The van der Waals surface area contributed by atoms with Gasteiger partial charge >= 0.3 is 0 Å². The third-order valence-corrected chi connectivity index (χ3v) is 4.89. The molecular weight excluding hydrogens is 200 g/mol. The Bertz CT molecular complexity index is 297. The largest absolute Gasteiger partial charge is 0.276 e. The second-order valence-electron chi connectivity index (χ2n) is 4.65. The molecule has 1 aliphatic heterocycles. The van der Waals surface area contributed by atoms with Crippen LogP contribution in [0.4, 0.5) is 0 Å². The highest BCUT2D eigenvalue weighted by molar-refractivity contribution is 7.86. The Labute approximate surface area is 85.6 Å². The zero-order valence-corrected chi connectivity index (χ0v) is 9.22. The first-order valence-electron chi connectivity index (χ1n) is 5.30. The van der Waals surface area contributed by atoms with Crippen LogP contribution in [0.3, 0.4) is 0 Å². The summed E-state index contributed by atoms with van der Waals surface area (Å²) in [7, 11) is -3.44. The molecular formula is C9H18N2O2S. The van der Waals surface area contributed by atoms with Crippen LogP contribution in [0.5, 0.6) is 0 Å². The molecule has 1 heterocycles. The summed E-state index contributed by atoms with van der Waals surface area (Å²) in [5.74, 6) is 0. The SMILES string of the molecule is NS(=O)(=O)N1CCC2(CCCC2)CC1. The van der Waals surface area contributed by atoms with Gasteiger partial charge in [0.25, 0.3) is 10.2 Å². The van der Waals surface area contributed by atoms with Crippen molar-refractivity contribution in [1.29, 1.82) is 0 Å². The predicted octanol–water partition coefficient (Wildman–Crippen LogP) is 0.846.